The maximum Gasteiger partial charge on any atom is 0.341 e. The van der Waals surface area contributed by atoms with Gasteiger partial charge in [0.05, 0.1) is 24.3 Å². The van der Waals surface area contributed by atoms with Gasteiger partial charge in [0.15, 0.2) is 5.65 Å². The van der Waals surface area contributed by atoms with Crippen LogP contribution in [0.5, 0.6) is 0 Å². The van der Waals surface area contributed by atoms with Crippen molar-refractivity contribution in [2.45, 2.75) is 49.3 Å². The predicted molar refractivity (Wildman–Crippen MR) is 113 cm³/mol. The zero-order valence-corrected chi connectivity index (χ0v) is 17.8. The molecule has 29 heavy (non-hydrogen) atoms. The summed E-state index contributed by atoms with van der Waals surface area (Å²) < 4.78 is 5.00. The fraction of sp³-hybridized carbons (Fsp3) is 0.421. The Bertz CT molecular complexity index is 1060. The van der Waals surface area contributed by atoms with E-state index in [-0.39, 0.29) is 5.91 Å². The van der Waals surface area contributed by atoms with Crippen LogP contribution in [0.2, 0.25) is 0 Å². The number of carbonyl (C=O) groups is 2. The lowest BCUT2D eigenvalue weighted by atomic mass is 10.1. The zero-order chi connectivity index (χ0) is 20.4. The molecule has 3 aromatic heterocycles. The number of esters is 1. The molecule has 0 fully saturated rings. The first-order valence-corrected chi connectivity index (χ1v) is 11.1. The van der Waals surface area contributed by atoms with Gasteiger partial charge in [-0.15, -0.1) is 11.3 Å². The molecule has 0 saturated heterocycles. The Balaban J connectivity index is 1.56. The number of aryl methyl sites for hydroxylation is 1. The van der Waals surface area contributed by atoms with Crippen LogP contribution in [0.3, 0.4) is 0 Å². The topological polar surface area (TPSA) is 110 Å². The number of thiophene rings is 1. The van der Waals surface area contributed by atoms with Crippen LogP contribution < -0.4 is 5.32 Å². The Morgan fingerprint density at radius 2 is 2.07 bits per heavy atom. The van der Waals surface area contributed by atoms with E-state index in [1.54, 1.807) is 13.3 Å². The lowest BCUT2D eigenvalue weighted by Gasteiger charge is -2.12. The largest absolute Gasteiger partial charge is 0.465 e. The van der Waals surface area contributed by atoms with E-state index in [0.717, 1.165) is 37.7 Å². The molecule has 1 aliphatic carbocycles. The summed E-state index contributed by atoms with van der Waals surface area (Å²) >= 11 is 2.81. The number of rotatable bonds is 5. The van der Waals surface area contributed by atoms with E-state index in [9.17, 15) is 9.59 Å². The first-order valence-electron chi connectivity index (χ1n) is 9.43. The molecule has 0 bridgehead atoms. The molecule has 8 nitrogen and oxygen atoms in total. The highest BCUT2D eigenvalue weighted by molar-refractivity contribution is 8.00. The summed E-state index contributed by atoms with van der Waals surface area (Å²) in [5.41, 5.74) is 2.81. The monoisotopic (exact) mass is 431 g/mol. The van der Waals surface area contributed by atoms with Crippen LogP contribution in [0.1, 0.15) is 47.0 Å². The highest BCUT2D eigenvalue weighted by Crippen LogP contribution is 2.38. The predicted octanol–water partition coefficient (Wildman–Crippen LogP) is 3.59. The number of imidazole rings is 1. The molecule has 0 aliphatic heterocycles. The number of aromatic amines is 1. The molecule has 1 atom stereocenters. The van der Waals surface area contributed by atoms with Crippen molar-refractivity contribution in [2.24, 2.45) is 0 Å². The third kappa shape index (κ3) is 3.99. The molecule has 2 N–H and O–H groups in total. The van der Waals surface area contributed by atoms with E-state index in [1.165, 1.54) is 41.4 Å². The number of nitrogens with one attached hydrogen (secondary N) is 2. The van der Waals surface area contributed by atoms with Crippen molar-refractivity contribution in [3.8, 4) is 0 Å². The molecule has 3 aromatic rings. The molecular weight excluding hydrogens is 410 g/mol. The highest BCUT2D eigenvalue weighted by Gasteiger charge is 2.27. The molecule has 0 unspecified atom stereocenters. The van der Waals surface area contributed by atoms with Crippen LogP contribution in [-0.4, -0.2) is 44.2 Å². The fourth-order valence-electron chi connectivity index (χ4n) is 3.42. The Hall–Kier alpha value is -2.46. The number of fused-ring (bicyclic) bond motifs is 2. The van der Waals surface area contributed by atoms with Gasteiger partial charge in [-0.05, 0) is 38.2 Å². The normalized spacial score (nSPS) is 14.8. The number of hydrogen-bond donors (Lipinski definition) is 2. The highest BCUT2D eigenvalue weighted by atomic mass is 32.2. The summed E-state index contributed by atoms with van der Waals surface area (Å²) in [6, 6.07) is 0. The molecule has 1 aliphatic rings. The van der Waals surface area contributed by atoms with Crippen molar-refractivity contribution < 1.29 is 14.3 Å². The SMILES string of the molecule is COC(=O)c1c(NC(=O)[C@H](C)Sc2ncnc3nc[nH]c23)sc2c1CCCCC2. The number of hydrogen-bond acceptors (Lipinski definition) is 8. The number of anilines is 1. The summed E-state index contributed by atoms with van der Waals surface area (Å²) in [6.07, 6.45) is 8.05. The molecule has 1 amide bonds. The van der Waals surface area contributed by atoms with Gasteiger partial charge in [0, 0.05) is 4.88 Å². The second kappa shape index (κ2) is 8.50. The van der Waals surface area contributed by atoms with Crippen LogP contribution >= 0.6 is 23.1 Å². The van der Waals surface area contributed by atoms with E-state index >= 15 is 0 Å². The smallest absolute Gasteiger partial charge is 0.341 e. The van der Waals surface area contributed by atoms with Gasteiger partial charge in [-0.3, -0.25) is 4.79 Å². The number of H-pyrrole nitrogens is 1. The summed E-state index contributed by atoms with van der Waals surface area (Å²) in [7, 11) is 1.37. The van der Waals surface area contributed by atoms with Gasteiger partial charge in [-0.1, -0.05) is 18.2 Å². The van der Waals surface area contributed by atoms with Crippen LogP contribution in [-0.2, 0) is 22.4 Å². The second-order valence-electron chi connectivity index (χ2n) is 6.79. The van der Waals surface area contributed by atoms with Gasteiger partial charge in [-0.2, -0.15) is 0 Å². The standard InChI is InChI=1S/C19H21N5O3S2/c1-10(28-18-14-15(21-8-20-14)22-9-23-18)16(25)24-17-13(19(26)27-2)11-6-4-3-5-7-12(11)29-17/h8-10H,3-7H2,1-2H3,(H,24,25)(H,20,21,22,23)/t10-/m0/s1. The molecule has 0 radical (unpaired) electrons. The van der Waals surface area contributed by atoms with Crippen molar-refractivity contribution in [1.82, 2.24) is 19.9 Å². The number of thioether (sulfide) groups is 1. The van der Waals surface area contributed by atoms with Crippen LogP contribution in [0.4, 0.5) is 5.00 Å². The molecule has 4 rings (SSSR count). The third-order valence-electron chi connectivity index (χ3n) is 4.89. The molecule has 10 heteroatoms. The van der Waals surface area contributed by atoms with E-state index < -0.39 is 11.2 Å². The van der Waals surface area contributed by atoms with Crippen molar-refractivity contribution in [3.05, 3.63) is 28.7 Å². The minimum Gasteiger partial charge on any atom is -0.465 e. The van der Waals surface area contributed by atoms with Gasteiger partial charge in [0.2, 0.25) is 5.91 Å². The molecule has 3 heterocycles. The summed E-state index contributed by atoms with van der Waals surface area (Å²) in [4.78, 5) is 42.0. The Labute approximate surface area is 175 Å². The maximum atomic E-state index is 12.9. The average Bonchev–Trinajstić information content (AvgIpc) is 3.26. The van der Waals surface area contributed by atoms with Crippen LogP contribution in [0.15, 0.2) is 17.7 Å². The number of nitrogens with zero attached hydrogens (tertiary/aromatic N) is 3. The maximum absolute atomic E-state index is 12.9. The Morgan fingerprint density at radius 3 is 2.90 bits per heavy atom. The first-order chi connectivity index (χ1) is 14.1. The number of amides is 1. The number of aromatic nitrogens is 4. The molecule has 152 valence electrons. The lowest BCUT2D eigenvalue weighted by molar-refractivity contribution is -0.115. The fourth-order valence-corrected chi connectivity index (χ4v) is 5.57. The Morgan fingerprint density at radius 1 is 1.24 bits per heavy atom. The number of carbonyl (C=O) groups excluding carboxylic acids is 2. The van der Waals surface area contributed by atoms with E-state index in [0.29, 0.717) is 26.8 Å². The minimum absolute atomic E-state index is 0.192. The van der Waals surface area contributed by atoms with Gasteiger partial charge >= 0.3 is 5.97 Å². The van der Waals surface area contributed by atoms with Crippen LogP contribution in [0.25, 0.3) is 11.2 Å². The van der Waals surface area contributed by atoms with Crippen molar-refractivity contribution in [1.29, 1.82) is 0 Å². The van der Waals surface area contributed by atoms with E-state index in [1.807, 2.05) is 0 Å². The summed E-state index contributed by atoms with van der Waals surface area (Å²) in [5.74, 6) is -0.585. The third-order valence-corrected chi connectivity index (χ3v) is 7.20. The first kappa shape index (κ1) is 19.8. The van der Waals surface area contributed by atoms with Gasteiger partial charge in [0.25, 0.3) is 0 Å². The van der Waals surface area contributed by atoms with Crippen molar-refractivity contribution >= 4 is 51.1 Å². The number of methoxy groups -OCH3 is 1. The van der Waals surface area contributed by atoms with Crippen LogP contribution in [0, 0.1) is 0 Å². The number of ether oxygens (including phenoxy) is 1. The minimum atomic E-state index is -0.427. The van der Waals surface area contributed by atoms with E-state index in [4.69, 9.17) is 4.74 Å². The Kier molecular flexibility index (Phi) is 5.81. The van der Waals surface area contributed by atoms with Gasteiger partial charge < -0.3 is 15.0 Å². The summed E-state index contributed by atoms with van der Waals surface area (Å²) in [6.45, 7) is 1.81. The van der Waals surface area contributed by atoms with Crippen molar-refractivity contribution in [3.63, 3.8) is 0 Å². The molecular formula is C19H21N5O3S2. The van der Waals surface area contributed by atoms with E-state index in [2.05, 4.69) is 25.3 Å². The van der Waals surface area contributed by atoms with Crippen molar-refractivity contribution in [2.75, 3.05) is 12.4 Å². The second-order valence-corrected chi connectivity index (χ2v) is 9.22. The molecule has 0 aromatic carbocycles. The zero-order valence-electron chi connectivity index (χ0n) is 16.2. The van der Waals surface area contributed by atoms with Gasteiger partial charge in [-0.25, -0.2) is 19.7 Å². The molecule has 0 spiro atoms. The quantitative estimate of drug-likeness (QED) is 0.275. The molecule has 0 saturated carbocycles. The van der Waals surface area contributed by atoms with Gasteiger partial charge in [0.1, 0.15) is 21.9 Å². The summed E-state index contributed by atoms with van der Waals surface area (Å²) in [5, 5.41) is 3.76. The lowest BCUT2D eigenvalue weighted by Crippen LogP contribution is -2.23. The average molecular weight is 432 g/mol.